The number of hydrogen-bond acceptors (Lipinski definition) is 4. The van der Waals surface area contributed by atoms with Crippen LogP contribution in [-0.2, 0) is 19.0 Å². The van der Waals surface area contributed by atoms with Gasteiger partial charge in [0.1, 0.15) is 0 Å². The summed E-state index contributed by atoms with van der Waals surface area (Å²) in [5.74, 6) is 0.256. The van der Waals surface area contributed by atoms with E-state index in [1.54, 1.807) is 14.2 Å². The standard InChI is InChI=1S/C14H25NO4/c1-17-8-4-12-10-15(7-9-19-12)13(16)14(11-18-2)5-3-6-14/h12H,3-11H2,1-2H3. The summed E-state index contributed by atoms with van der Waals surface area (Å²) in [7, 11) is 3.36. The van der Waals surface area contributed by atoms with Gasteiger partial charge in [0.15, 0.2) is 0 Å². The molecule has 1 heterocycles. The topological polar surface area (TPSA) is 48.0 Å². The third kappa shape index (κ3) is 3.27. The molecule has 2 aliphatic rings. The Kier molecular flexibility index (Phi) is 5.19. The number of morpholine rings is 1. The maximum absolute atomic E-state index is 12.7. The van der Waals surface area contributed by atoms with Crippen LogP contribution in [0.2, 0.25) is 0 Å². The molecule has 0 radical (unpaired) electrons. The Bertz CT molecular complexity index is 304. The maximum atomic E-state index is 12.7. The summed E-state index contributed by atoms with van der Waals surface area (Å²) in [4.78, 5) is 14.6. The number of carbonyl (C=O) groups excluding carboxylic acids is 1. The molecule has 1 amide bonds. The first-order chi connectivity index (χ1) is 9.22. The molecule has 0 aromatic carbocycles. The van der Waals surface area contributed by atoms with Crippen LogP contribution in [-0.4, -0.2) is 64.0 Å². The minimum Gasteiger partial charge on any atom is -0.385 e. The van der Waals surface area contributed by atoms with Gasteiger partial charge in [-0.2, -0.15) is 0 Å². The fourth-order valence-electron chi connectivity index (χ4n) is 2.96. The van der Waals surface area contributed by atoms with Crippen molar-refractivity contribution in [3.63, 3.8) is 0 Å². The zero-order chi connectivity index (χ0) is 13.7. The van der Waals surface area contributed by atoms with E-state index in [1.165, 1.54) is 0 Å². The van der Waals surface area contributed by atoms with E-state index in [9.17, 15) is 4.79 Å². The summed E-state index contributed by atoms with van der Waals surface area (Å²) in [6.07, 6.45) is 4.00. The van der Waals surface area contributed by atoms with Crippen LogP contribution in [0.15, 0.2) is 0 Å². The van der Waals surface area contributed by atoms with Crippen LogP contribution in [0.4, 0.5) is 0 Å². The predicted molar refractivity (Wildman–Crippen MR) is 71.0 cm³/mol. The summed E-state index contributed by atoms with van der Waals surface area (Å²) in [5, 5.41) is 0. The van der Waals surface area contributed by atoms with Gasteiger partial charge in [0.05, 0.1) is 24.7 Å². The van der Waals surface area contributed by atoms with Crippen LogP contribution in [0.5, 0.6) is 0 Å². The molecule has 2 fully saturated rings. The van der Waals surface area contributed by atoms with E-state index in [4.69, 9.17) is 14.2 Å². The molecular weight excluding hydrogens is 246 g/mol. The summed E-state index contributed by atoms with van der Waals surface area (Å²) in [5.41, 5.74) is -0.252. The molecule has 2 rings (SSSR count). The SMILES string of the molecule is COCCC1CN(C(=O)C2(COC)CCC2)CCO1. The van der Waals surface area contributed by atoms with Gasteiger partial charge in [-0.3, -0.25) is 4.79 Å². The van der Waals surface area contributed by atoms with E-state index < -0.39 is 0 Å². The van der Waals surface area contributed by atoms with Gasteiger partial charge in [-0.25, -0.2) is 0 Å². The van der Waals surface area contributed by atoms with Gasteiger partial charge in [0, 0.05) is 33.9 Å². The number of nitrogens with zero attached hydrogens (tertiary/aromatic N) is 1. The minimum absolute atomic E-state index is 0.109. The molecule has 1 unspecified atom stereocenters. The lowest BCUT2D eigenvalue weighted by atomic mass is 9.68. The molecule has 1 aliphatic heterocycles. The van der Waals surface area contributed by atoms with Gasteiger partial charge in [-0.05, 0) is 19.3 Å². The first kappa shape index (κ1) is 14.8. The lowest BCUT2D eigenvalue weighted by Gasteiger charge is -2.45. The maximum Gasteiger partial charge on any atom is 0.231 e. The largest absolute Gasteiger partial charge is 0.385 e. The number of rotatable bonds is 6. The second kappa shape index (κ2) is 6.68. The number of carbonyl (C=O) groups is 1. The van der Waals surface area contributed by atoms with E-state index in [2.05, 4.69) is 0 Å². The van der Waals surface area contributed by atoms with E-state index in [0.717, 1.165) is 25.7 Å². The van der Waals surface area contributed by atoms with Crippen LogP contribution in [0.3, 0.4) is 0 Å². The Balaban J connectivity index is 1.91. The highest BCUT2D eigenvalue weighted by atomic mass is 16.5. The van der Waals surface area contributed by atoms with Crippen molar-refractivity contribution in [2.24, 2.45) is 5.41 Å². The third-order valence-corrected chi connectivity index (χ3v) is 4.25. The number of amides is 1. The zero-order valence-corrected chi connectivity index (χ0v) is 12.0. The van der Waals surface area contributed by atoms with Crippen LogP contribution in [0.25, 0.3) is 0 Å². The Hall–Kier alpha value is -0.650. The fraction of sp³-hybridized carbons (Fsp3) is 0.929. The molecule has 5 nitrogen and oxygen atoms in total. The zero-order valence-electron chi connectivity index (χ0n) is 12.0. The Morgan fingerprint density at radius 2 is 2.16 bits per heavy atom. The number of ether oxygens (including phenoxy) is 3. The van der Waals surface area contributed by atoms with E-state index in [-0.39, 0.29) is 17.4 Å². The molecule has 1 atom stereocenters. The van der Waals surface area contributed by atoms with Crippen LogP contribution in [0, 0.1) is 5.41 Å². The van der Waals surface area contributed by atoms with Gasteiger partial charge in [0.25, 0.3) is 0 Å². The van der Waals surface area contributed by atoms with Crippen molar-refractivity contribution in [3.8, 4) is 0 Å². The smallest absolute Gasteiger partial charge is 0.231 e. The lowest BCUT2D eigenvalue weighted by Crippen LogP contribution is -2.55. The van der Waals surface area contributed by atoms with Gasteiger partial charge in [-0.15, -0.1) is 0 Å². The van der Waals surface area contributed by atoms with Gasteiger partial charge < -0.3 is 19.1 Å². The highest BCUT2D eigenvalue weighted by Crippen LogP contribution is 2.43. The first-order valence-corrected chi connectivity index (χ1v) is 7.11. The van der Waals surface area contributed by atoms with Crippen LogP contribution < -0.4 is 0 Å². The Morgan fingerprint density at radius 3 is 2.74 bits per heavy atom. The first-order valence-electron chi connectivity index (χ1n) is 7.11. The van der Waals surface area contributed by atoms with E-state index >= 15 is 0 Å². The van der Waals surface area contributed by atoms with Crippen LogP contribution >= 0.6 is 0 Å². The highest BCUT2D eigenvalue weighted by molar-refractivity contribution is 5.84. The van der Waals surface area contributed by atoms with Crippen molar-refractivity contribution in [1.82, 2.24) is 4.90 Å². The van der Waals surface area contributed by atoms with Crippen LogP contribution in [0.1, 0.15) is 25.7 Å². The monoisotopic (exact) mass is 271 g/mol. The summed E-state index contributed by atoms with van der Waals surface area (Å²) in [6.45, 7) is 3.24. The van der Waals surface area contributed by atoms with Crippen molar-refractivity contribution in [2.75, 3.05) is 47.1 Å². The normalized spacial score (nSPS) is 26.0. The third-order valence-electron chi connectivity index (χ3n) is 4.25. The Labute approximate surface area is 115 Å². The average molecular weight is 271 g/mol. The molecule has 0 bridgehead atoms. The predicted octanol–water partition coefficient (Wildman–Crippen LogP) is 1.07. The summed E-state index contributed by atoms with van der Waals surface area (Å²) >= 11 is 0. The molecule has 0 N–H and O–H groups in total. The molecule has 19 heavy (non-hydrogen) atoms. The summed E-state index contributed by atoms with van der Waals surface area (Å²) in [6, 6.07) is 0. The van der Waals surface area contributed by atoms with Crippen molar-refractivity contribution in [2.45, 2.75) is 31.8 Å². The van der Waals surface area contributed by atoms with E-state index in [0.29, 0.717) is 32.9 Å². The molecule has 0 aromatic heterocycles. The molecule has 1 saturated heterocycles. The van der Waals surface area contributed by atoms with Crippen molar-refractivity contribution in [3.05, 3.63) is 0 Å². The van der Waals surface area contributed by atoms with Crippen molar-refractivity contribution in [1.29, 1.82) is 0 Å². The number of hydrogen-bond donors (Lipinski definition) is 0. The highest BCUT2D eigenvalue weighted by Gasteiger charge is 2.47. The molecule has 0 aromatic rings. The average Bonchev–Trinajstić information content (AvgIpc) is 2.40. The lowest BCUT2D eigenvalue weighted by molar-refractivity contribution is -0.159. The minimum atomic E-state index is -0.252. The summed E-state index contributed by atoms with van der Waals surface area (Å²) < 4.78 is 16.0. The van der Waals surface area contributed by atoms with Crippen molar-refractivity contribution >= 4 is 5.91 Å². The van der Waals surface area contributed by atoms with Gasteiger partial charge in [-0.1, -0.05) is 6.42 Å². The van der Waals surface area contributed by atoms with Crippen molar-refractivity contribution < 1.29 is 19.0 Å². The van der Waals surface area contributed by atoms with Gasteiger partial charge >= 0.3 is 0 Å². The second-order valence-corrected chi connectivity index (χ2v) is 5.59. The van der Waals surface area contributed by atoms with E-state index in [1.807, 2.05) is 4.90 Å². The molecule has 0 spiro atoms. The molecule has 110 valence electrons. The molecule has 1 saturated carbocycles. The fourth-order valence-corrected chi connectivity index (χ4v) is 2.96. The number of methoxy groups -OCH3 is 2. The quantitative estimate of drug-likeness (QED) is 0.725. The molecule has 5 heteroatoms. The second-order valence-electron chi connectivity index (χ2n) is 5.59. The molecular formula is C14H25NO4. The van der Waals surface area contributed by atoms with Gasteiger partial charge in [0.2, 0.25) is 5.91 Å². The molecule has 1 aliphatic carbocycles. The Morgan fingerprint density at radius 1 is 1.37 bits per heavy atom.